The number of hydrogen-bond donors (Lipinski definition) is 1. The van der Waals surface area contributed by atoms with Crippen molar-refractivity contribution in [3.05, 3.63) is 12.2 Å². The fourth-order valence-electron chi connectivity index (χ4n) is 1.79. The summed E-state index contributed by atoms with van der Waals surface area (Å²) in [6, 6.07) is 0. The number of hydrogen-bond acceptors (Lipinski definition) is 1. The molecule has 0 bridgehead atoms. The molecule has 0 aromatic carbocycles. The average Bonchev–Trinajstić information content (AvgIpc) is 2.35. The molecule has 0 rings (SSSR count). The molecular weight excluding hydrogens is 236 g/mol. The Hall–Kier alpha value is -0.790. The summed E-state index contributed by atoms with van der Waals surface area (Å²) in [5, 5.41) is 7.42. The SMILES string of the molecule is CC(=O)O.CCCCC/C=C\CCCCCCCC. The first kappa shape index (κ1) is 20.5. The van der Waals surface area contributed by atoms with E-state index in [1.54, 1.807) is 0 Å². The molecule has 0 saturated carbocycles. The second kappa shape index (κ2) is 19.5. The van der Waals surface area contributed by atoms with Crippen LogP contribution in [0.1, 0.15) is 91.4 Å². The molecule has 19 heavy (non-hydrogen) atoms. The highest BCUT2D eigenvalue weighted by Gasteiger charge is 1.88. The van der Waals surface area contributed by atoms with E-state index < -0.39 is 5.97 Å². The molecule has 0 atom stereocenters. The molecule has 0 aliphatic carbocycles. The van der Waals surface area contributed by atoms with Crippen molar-refractivity contribution in [1.29, 1.82) is 0 Å². The van der Waals surface area contributed by atoms with E-state index in [-0.39, 0.29) is 0 Å². The van der Waals surface area contributed by atoms with Gasteiger partial charge in [0, 0.05) is 6.92 Å². The fourth-order valence-corrected chi connectivity index (χ4v) is 1.79. The third-order valence-electron chi connectivity index (χ3n) is 2.87. The van der Waals surface area contributed by atoms with Crippen molar-refractivity contribution in [3.8, 4) is 0 Å². The fraction of sp³-hybridized carbons (Fsp3) is 0.824. The average molecular weight is 270 g/mol. The quantitative estimate of drug-likeness (QED) is 0.371. The highest BCUT2D eigenvalue weighted by Crippen LogP contribution is 2.07. The topological polar surface area (TPSA) is 37.3 Å². The number of unbranched alkanes of at least 4 members (excludes halogenated alkanes) is 9. The van der Waals surface area contributed by atoms with E-state index >= 15 is 0 Å². The summed E-state index contributed by atoms with van der Waals surface area (Å²) in [7, 11) is 0. The van der Waals surface area contributed by atoms with Crippen molar-refractivity contribution in [2.75, 3.05) is 0 Å². The largest absolute Gasteiger partial charge is 0.481 e. The van der Waals surface area contributed by atoms with Crippen LogP contribution >= 0.6 is 0 Å². The number of aliphatic carboxylic acids is 1. The molecular formula is C17H34O2. The Bertz CT molecular complexity index is 193. The van der Waals surface area contributed by atoms with Gasteiger partial charge in [-0.1, -0.05) is 70.9 Å². The van der Waals surface area contributed by atoms with E-state index in [2.05, 4.69) is 26.0 Å². The van der Waals surface area contributed by atoms with Crippen LogP contribution in [-0.4, -0.2) is 11.1 Å². The lowest BCUT2D eigenvalue weighted by Gasteiger charge is -1.97. The number of rotatable bonds is 11. The van der Waals surface area contributed by atoms with Crippen LogP contribution in [0.4, 0.5) is 0 Å². The first-order chi connectivity index (χ1) is 9.15. The first-order valence-electron chi connectivity index (χ1n) is 7.99. The second-order valence-electron chi connectivity index (χ2n) is 5.04. The lowest BCUT2D eigenvalue weighted by atomic mass is 10.1. The second-order valence-corrected chi connectivity index (χ2v) is 5.04. The molecule has 0 heterocycles. The zero-order valence-corrected chi connectivity index (χ0v) is 13.3. The summed E-state index contributed by atoms with van der Waals surface area (Å²) in [6.07, 6.45) is 20.0. The molecule has 0 radical (unpaired) electrons. The minimum atomic E-state index is -0.833. The number of carbonyl (C=O) groups is 1. The van der Waals surface area contributed by atoms with Crippen molar-refractivity contribution in [2.45, 2.75) is 91.4 Å². The Balaban J connectivity index is 0. The van der Waals surface area contributed by atoms with Crippen LogP contribution in [0.15, 0.2) is 12.2 Å². The summed E-state index contributed by atoms with van der Waals surface area (Å²) in [5.74, 6) is -0.833. The van der Waals surface area contributed by atoms with Gasteiger partial charge in [0.15, 0.2) is 0 Å². The van der Waals surface area contributed by atoms with Crippen molar-refractivity contribution in [2.24, 2.45) is 0 Å². The Kier molecular flexibility index (Phi) is 21.1. The molecule has 2 heteroatoms. The van der Waals surface area contributed by atoms with Gasteiger partial charge in [0.2, 0.25) is 0 Å². The summed E-state index contributed by atoms with van der Waals surface area (Å²) in [5.41, 5.74) is 0. The molecule has 0 unspecified atom stereocenters. The van der Waals surface area contributed by atoms with Crippen molar-refractivity contribution in [1.82, 2.24) is 0 Å². The lowest BCUT2D eigenvalue weighted by Crippen LogP contribution is -1.78. The normalized spacial score (nSPS) is 10.3. The van der Waals surface area contributed by atoms with Crippen LogP contribution in [0.3, 0.4) is 0 Å². The third-order valence-corrected chi connectivity index (χ3v) is 2.87. The van der Waals surface area contributed by atoms with Crippen LogP contribution in [0.2, 0.25) is 0 Å². The minimum Gasteiger partial charge on any atom is -0.481 e. The summed E-state index contributed by atoms with van der Waals surface area (Å²) in [4.78, 5) is 9.00. The van der Waals surface area contributed by atoms with E-state index in [1.807, 2.05) is 0 Å². The van der Waals surface area contributed by atoms with E-state index in [1.165, 1.54) is 70.6 Å². The van der Waals surface area contributed by atoms with Gasteiger partial charge >= 0.3 is 0 Å². The van der Waals surface area contributed by atoms with E-state index in [4.69, 9.17) is 9.90 Å². The molecule has 0 aromatic heterocycles. The van der Waals surface area contributed by atoms with Gasteiger partial charge in [-0.25, -0.2) is 0 Å². The zero-order valence-electron chi connectivity index (χ0n) is 13.3. The van der Waals surface area contributed by atoms with Gasteiger partial charge in [-0.05, 0) is 25.7 Å². The van der Waals surface area contributed by atoms with Crippen LogP contribution in [0.25, 0.3) is 0 Å². The molecule has 0 aromatic rings. The van der Waals surface area contributed by atoms with Gasteiger partial charge in [0.05, 0.1) is 0 Å². The number of carboxylic acids is 1. The van der Waals surface area contributed by atoms with Crippen LogP contribution in [-0.2, 0) is 4.79 Å². The van der Waals surface area contributed by atoms with Crippen LogP contribution < -0.4 is 0 Å². The van der Waals surface area contributed by atoms with E-state index in [0.29, 0.717) is 0 Å². The van der Waals surface area contributed by atoms with Crippen molar-refractivity contribution in [3.63, 3.8) is 0 Å². The van der Waals surface area contributed by atoms with Gasteiger partial charge < -0.3 is 5.11 Å². The standard InChI is InChI=1S/C15H30.C2H4O2/c1-3-5-7-9-11-13-15-14-12-10-8-6-4-2;1-2(3)4/h11,13H,3-10,12,14-15H2,1-2H3;1H3,(H,3,4)/b13-11-;. The first-order valence-corrected chi connectivity index (χ1v) is 7.99. The van der Waals surface area contributed by atoms with E-state index in [9.17, 15) is 0 Å². The predicted molar refractivity (Wildman–Crippen MR) is 84.6 cm³/mol. The Morgan fingerprint density at radius 2 is 1.11 bits per heavy atom. The maximum absolute atomic E-state index is 9.00. The van der Waals surface area contributed by atoms with Crippen molar-refractivity contribution >= 4 is 5.97 Å². The highest BCUT2D eigenvalue weighted by molar-refractivity contribution is 5.62. The van der Waals surface area contributed by atoms with Gasteiger partial charge in [-0.2, -0.15) is 0 Å². The summed E-state index contributed by atoms with van der Waals surface area (Å²) >= 11 is 0. The van der Waals surface area contributed by atoms with E-state index in [0.717, 1.165) is 6.92 Å². The molecule has 0 amide bonds. The Morgan fingerprint density at radius 3 is 1.58 bits per heavy atom. The highest BCUT2D eigenvalue weighted by atomic mass is 16.4. The smallest absolute Gasteiger partial charge is 0.300 e. The molecule has 114 valence electrons. The van der Waals surface area contributed by atoms with Gasteiger partial charge in [-0.15, -0.1) is 0 Å². The Labute approximate surface area is 120 Å². The van der Waals surface area contributed by atoms with Gasteiger partial charge in [0.25, 0.3) is 5.97 Å². The minimum absolute atomic E-state index is 0.833. The molecule has 0 aliphatic rings. The van der Waals surface area contributed by atoms with Gasteiger partial charge in [0.1, 0.15) is 0 Å². The lowest BCUT2D eigenvalue weighted by molar-refractivity contribution is -0.134. The molecule has 0 saturated heterocycles. The van der Waals surface area contributed by atoms with Crippen LogP contribution in [0.5, 0.6) is 0 Å². The third kappa shape index (κ3) is 31.7. The maximum Gasteiger partial charge on any atom is 0.300 e. The monoisotopic (exact) mass is 270 g/mol. The van der Waals surface area contributed by atoms with Crippen LogP contribution in [0, 0.1) is 0 Å². The maximum atomic E-state index is 9.00. The van der Waals surface area contributed by atoms with Gasteiger partial charge in [-0.3, -0.25) is 4.79 Å². The molecule has 0 aliphatic heterocycles. The predicted octanol–water partition coefficient (Wildman–Crippen LogP) is 5.96. The molecule has 1 N–H and O–H groups in total. The molecule has 0 spiro atoms. The number of allylic oxidation sites excluding steroid dienone is 2. The molecule has 2 nitrogen and oxygen atoms in total. The zero-order chi connectivity index (χ0) is 14.8. The summed E-state index contributed by atoms with van der Waals surface area (Å²) < 4.78 is 0. The van der Waals surface area contributed by atoms with Crippen molar-refractivity contribution < 1.29 is 9.90 Å². The number of carboxylic acid groups (broad SMARTS) is 1. The molecule has 0 fully saturated rings. The Morgan fingerprint density at radius 1 is 0.789 bits per heavy atom. The summed E-state index contributed by atoms with van der Waals surface area (Å²) in [6.45, 7) is 5.62.